The number of sulfonamides is 1. The lowest BCUT2D eigenvalue weighted by Gasteiger charge is -2.26. The molecule has 2 unspecified atom stereocenters. The molecule has 1 aromatic rings. The van der Waals surface area contributed by atoms with Crippen molar-refractivity contribution in [2.45, 2.75) is 43.5 Å². The van der Waals surface area contributed by atoms with Crippen LogP contribution in [0.15, 0.2) is 23.1 Å². The van der Waals surface area contributed by atoms with E-state index in [9.17, 15) is 18.3 Å². The maximum absolute atomic E-state index is 12.9. The van der Waals surface area contributed by atoms with E-state index in [1.807, 2.05) is 19.9 Å². The zero-order chi connectivity index (χ0) is 15.8. The average molecular weight is 329 g/mol. The van der Waals surface area contributed by atoms with Gasteiger partial charge in [-0.05, 0) is 37.5 Å². The number of carbonyl (C=O) groups is 1. The number of nitrogens with zero attached hydrogens (tertiary/aromatic N) is 1. The second kappa shape index (κ2) is 5.98. The first-order valence-electron chi connectivity index (χ1n) is 6.74. The number of thioether (sulfide) groups is 1. The molecule has 2 rings (SSSR count). The van der Waals surface area contributed by atoms with Gasteiger partial charge in [-0.2, -0.15) is 4.31 Å². The standard InChI is InChI=1S/C14H19NO4S2/c1-4-13-15(11(8-20-13)14(16)17)21(18,19)12-7-9(2)5-6-10(12)3/h5-7,11,13H,4,8H2,1-3H3,(H,16,17). The summed E-state index contributed by atoms with van der Waals surface area (Å²) in [5.41, 5.74) is 1.47. The third kappa shape index (κ3) is 2.95. The summed E-state index contributed by atoms with van der Waals surface area (Å²) < 4.78 is 27.1. The number of aliphatic carboxylic acids is 1. The van der Waals surface area contributed by atoms with Gasteiger partial charge in [0.2, 0.25) is 10.0 Å². The molecule has 2 atom stereocenters. The van der Waals surface area contributed by atoms with Crippen molar-refractivity contribution in [3.8, 4) is 0 Å². The van der Waals surface area contributed by atoms with Gasteiger partial charge in [-0.3, -0.25) is 4.79 Å². The van der Waals surface area contributed by atoms with Crippen molar-refractivity contribution in [1.82, 2.24) is 4.31 Å². The fraction of sp³-hybridized carbons (Fsp3) is 0.500. The molecule has 0 radical (unpaired) electrons. The monoisotopic (exact) mass is 329 g/mol. The predicted octanol–water partition coefficient (Wildman–Crippen LogP) is 2.23. The second-order valence-corrected chi connectivity index (χ2v) is 8.18. The summed E-state index contributed by atoms with van der Waals surface area (Å²) in [6.07, 6.45) is 0.582. The normalized spacial score (nSPS) is 23.4. The highest BCUT2D eigenvalue weighted by Crippen LogP contribution is 2.37. The summed E-state index contributed by atoms with van der Waals surface area (Å²) in [7, 11) is -3.82. The van der Waals surface area contributed by atoms with E-state index in [-0.39, 0.29) is 16.0 Å². The minimum Gasteiger partial charge on any atom is -0.480 e. The summed E-state index contributed by atoms with van der Waals surface area (Å²) >= 11 is 1.38. The Bertz CT molecular complexity index is 657. The summed E-state index contributed by atoms with van der Waals surface area (Å²) in [4.78, 5) is 11.6. The van der Waals surface area contributed by atoms with Gasteiger partial charge in [-0.25, -0.2) is 8.42 Å². The van der Waals surface area contributed by atoms with Crippen LogP contribution in [0, 0.1) is 13.8 Å². The van der Waals surface area contributed by atoms with Crippen LogP contribution in [-0.4, -0.2) is 41.0 Å². The highest BCUT2D eigenvalue weighted by atomic mass is 32.2. The molecular formula is C14H19NO4S2. The molecule has 21 heavy (non-hydrogen) atoms. The van der Waals surface area contributed by atoms with Gasteiger partial charge in [-0.1, -0.05) is 19.1 Å². The van der Waals surface area contributed by atoms with E-state index < -0.39 is 22.0 Å². The molecule has 0 spiro atoms. The summed E-state index contributed by atoms with van der Waals surface area (Å²) in [5, 5.41) is 8.99. The van der Waals surface area contributed by atoms with Gasteiger partial charge < -0.3 is 5.11 Å². The number of benzene rings is 1. The molecule has 1 fully saturated rings. The maximum atomic E-state index is 12.9. The molecule has 1 aliphatic heterocycles. The highest BCUT2D eigenvalue weighted by molar-refractivity contribution is 8.01. The maximum Gasteiger partial charge on any atom is 0.322 e. The van der Waals surface area contributed by atoms with E-state index in [1.54, 1.807) is 19.1 Å². The highest BCUT2D eigenvalue weighted by Gasteiger charge is 2.46. The van der Waals surface area contributed by atoms with Crippen molar-refractivity contribution in [3.63, 3.8) is 0 Å². The predicted molar refractivity (Wildman–Crippen MR) is 82.9 cm³/mol. The Labute approximate surface area is 129 Å². The van der Waals surface area contributed by atoms with Crippen LogP contribution in [-0.2, 0) is 14.8 Å². The van der Waals surface area contributed by atoms with Crippen LogP contribution in [0.3, 0.4) is 0 Å². The van der Waals surface area contributed by atoms with E-state index in [0.717, 1.165) is 5.56 Å². The lowest BCUT2D eigenvalue weighted by molar-refractivity contribution is -0.140. The molecule has 1 saturated heterocycles. The van der Waals surface area contributed by atoms with E-state index in [0.29, 0.717) is 12.0 Å². The fourth-order valence-electron chi connectivity index (χ4n) is 2.45. The van der Waals surface area contributed by atoms with Crippen LogP contribution in [0.25, 0.3) is 0 Å². The minimum atomic E-state index is -3.82. The Kier molecular flexibility index (Phi) is 4.65. The van der Waals surface area contributed by atoms with Gasteiger partial charge in [0.1, 0.15) is 6.04 Å². The molecule has 7 heteroatoms. The Morgan fingerprint density at radius 1 is 1.43 bits per heavy atom. The topological polar surface area (TPSA) is 74.7 Å². The number of hydrogen-bond acceptors (Lipinski definition) is 4. The van der Waals surface area contributed by atoms with Gasteiger partial charge in [0.25, 0.3) is 0 Å². The lowest BCUT2D eigenvalue weighted by Crippen LogP contribution is -2.45. The van der Waals surface area contributed by atoms with Crippen molar-refractivity contribution in [3.05, 3.63) is 29.3 Å². The zero-order valence-electron chi connectivity index (χ0n) is 12.2. The van der Waals surface area contributed by atoms with Crippen LogP contribution in [0.4, 0.5) is 0 Å². The van der Waals surface area contributed by atoms with Crippen LogP contribution in [0.5, 0.6) is 0 Å². The number of hydrogen-bond donors (Lipinski definition) is 1. The molecule has 1 aliphatic rings. The fourth-order valence-corrected chi connectivity index (χ4v) is 6.30. The molecule has 0 saturated carbocycles. The summed E-state index contributed by atoms with van der Waals surface area (Å²) in [5.74, 6) is -0.801. The Balaban J connectivity index is 2.54. The van der Waals surface area contributed by atoms with Crippen molar-refractivity contribution < 1.29 is 18.3 Å². The average Bonchev–Trinajstić information content (AvgIpc) is 2.86. The number of carboxylic acids is 1. The first-order valence-corrected chi connectivity index (χ1v) is 9.23. The Morgan fingerprint density at radius 2 is 2.10 bits per heavy atom. The molecule has 0 amide bonds. The van der Waals surface area contributed by atoms with E-state index in [4.69, 9.17) is 0 Å². The van der Waals surface area contributed by atoms with Gasteiger partial charge in [0.15, 0.2) is 0 Å². The van der Waals surface area contributed by atoms with Crippen molar-refractivity contribution in [1.29, 1.82) is 0 Å². The quantitative estimate of drug-likeness (QED) is 0.917. The van der Waals surface area contributed by atoms with Crippen LogP contribution in [0.1, 0.15) is 24.5 Å². The molecule has 1 N–H and O–H groups in total. The van der Waals surface area contributed by atoms with Crippen LogP contribution < -0.4 is 0 Å². The molecule has 1 heterocycles. The smallest absolute Gasteiger partial charge is 0.322 e. The first-order chi connectivity index (χ1) is 9.78. The Hall–Kier alpha value is -1.05. The molecule has 116 valence electrons. The van der Waals surface area contributed by atoms with Crippen molar-refractivity contribution in [2.24, 2.45) is 0 Å². The molecule has 0 aromatic heterocycles. The first kappa shape index (κ1) is 16.3. The molecule has 0 bridgehead atoms. The lowest BCUT2D eigenvalue weighted by atomic mass is 10.2. The van der Waals surface area contributed by atoms with Crippen LogP contribution in [0.2, 0.25) is 0 Å². The van der Waals surface area contributed by atoms with Gasteiger partial charge in [0.05, 0.1) is 10.3 Å². The summed E-state index contributed by atoms with van der Waals surface area (Å²) in [6.45, 7) is 5.42. The number of aryl methyl sites for hydroxylation is 2. The second-order valence-electron chi connectivity index (χ2n) is 5.15. The zero-order valence-corrected chi connectivity index (χ0v) is 13.9. The van der Waals surface area contributed by atoms with E-state index in [1.165, 1.54) is 16.1 Å². The van der Waals surface area contributed by atoms with E-state index in [2.05, 4.69) is 0 Å². The molecule has 0 aliphatic carbocycles. The summed E-state index contributed by atoms with van der Waals surface area (Å²) in [6, 6.07) is 4.21. The van der Waals surface area contributed by atoms with Crippen molar-refractivity contribution >= 4 is 27.8 Å². The van der Waals surface area contributed by atoms with Gasteiger partial charge in [-0.15, -0.1) is 11.8 Å². The molecule has 1 aromatic carbocycles. The third-order valence-corrected chi connectivity index (χ3v) is 7.22. The molecule has 5 nitrogen and oxygen atoms in total. The van der Waals surface area contributed by atoms with Gasteiger partial charge in [0, 0.05) is 5.75 Å². The third-order valence-electron chi connectivity index (χ3n) is 3.57. The molecular weight excluding hydrogens is 310 g/mol. The largest absolute Gasteiger partial charge is 0.480 e. The number of carboxylic acid groups (broad SMARTS) is 1. The number of rotatable bonds is 4. The van der Waals surface area contributed by atoms with Crippen molar-refractivity contribution in [2.75, 3.05) is 5.75 Å². The van der Waals surface area contributed by atoms with E-state index >= 15 is 0 Å². The van der Waals surface area contributed by atoms with Gasteiger partial charge >= 0.3 is 5.97 Å². The van der Waals surface area contributed by atoms with Crippen LogP contribution >= 0.6 is 11.8 Å². The minimum absolute atomic E-state index is 0.203. The Morgan fingerprint density at radius 3 is 2.67 bits per heavy atom. The SMILES string of the molecule is CCC1SCC(C(=O)O)N1S(=O)(=O)c1cc(C)ccc1C.